The van der Waals surface area contributed by atoms with Crippen molar-refractivity contribution in [1.29, 1.82) is 0 Å². The van der Waals surface area contributed by atoms with Crippen molar-refractivity contribution in [2.24, 2.45) is 7.05 Å². The highest BCUT2D eigenvalue weighted by Crippen LogP contribution is 2.13. The van der Waals surface area contributed by atoms with E-state index in [4.69, 9.17) is 5.73 Å². The van der Waals surface area contributed by atoms with Gasteiger partial charge in [-0.25, -0.2) is 4.98 Å². The summed E-state index contributed by atoms with van der Waals surface area (Å²) >= 11 is 0. The number of aromatic nitrogens is 2. The van der Waals surface area contributed by atoms with Gasteiger partial charge in [0.05, 0.1) is 5.69 Å². The Hall–Kier alpha value is -1.03. The van der Waals surface area contributed by atoms with Crippen LogP contribution in [0.15, 0.2) is 0 Å². The Bertz CT molecular complexity index is 301. The molecule has 0 aliphatic rings. The predicted molar refractivity (Wildman–Crippen MR) is 59.3 cm³/mol. The second kappa shape index (κ2) is 4.46. The summed E-state index contributed by atoms with van der Waals surface area (Å²) in [5, 5.41) is 0. The third kappa shape index (κ3) is 2.26. The Morgan fingerprint density at radius 2 is 2.07 bits per heavy atom. The normalized spacial score (nSPS) is 11.2. The maximum absolute atomic E-state index is 5.91. The average Bonchev–Trinajstić information content (AvgIpc) is 2.41. The Kier molecular flexibility index (Phi) is 3.52. The molecule has 1 aromatic rings. The van der Waals surface area contributed by atoms with Crippen LogP contribution >= 0.6 is 0 Å². The maximum atomic E-state index is 5.91. The Morgan fingerprint density at radius 3 is 2.50 bits per heavy atom. The Morgan fingerprint density at radius 1 is 1.43 bits per heavy atom. The number of likely N-dealkylation sites (N-methyl/N-ethyl adjacent to an activating group) is 1. The predicted octanol–water partition coefficient (Wildman–Crippen LogP) is 0.669. The highest BCUT2D eigenvalue weighted by atomic mass is 15.1. The van der Waals surface area contributed by atoms with E-state index in [1.807, 2.05) is 11.6 Å². The minimum absolute atomic E-state index is 0.807. The van der Waals surface area contributed by atoms with Crippen LogP contribution in [0.3, 0.4) is 0 Å². The van der Waals surface area contributed by atoms with Crippen molar-refractivity contribution in [3.63, 3.8) is 0 Å². The standard InChI is InChI=1S/C10H20N4/c1-5-8-10(11)14(4)9(12-8)6-7-13(2)3/h5-7,11H2,1-4H3. The first-order valence-electron chi connectivity index (χ1n) is 5.01. The van der Waals surface area contributed by atoms with Gasteiger partial charge in [0.1, 0.15) is 11.6 Å². The van der Waals surface area contributed by atoms with Crippen molar-refractivity contribution in [3.8, 4) is 0 Å². The second-order valence-corrected chi connectivity index (χ2v) is 3.83. The van der Waals surface area contributed by atoms with Gasteiger partial charge in [-0.2, -0.15) is 0 Å². The quantitative estimate of drug-likeness (QED) is 0.770. The van der Waals surface area contributed by atoms with E-state index in [9.17, 15) is 0 Å². The molecule has 0 spiro atoms. The van der Waals surface area contributed by atoms with Crippen LogP contribution in [0.4, 0.5) is 5.82 Å². The summed E-state index contributed by atoms with van der Waals surface area (Å²) < 4.78 is 1.99. The molecule has 0 aliphatic heterocycles. The van der Waals surface area contributed by atoms with Crippen LogP contribution in [0.5, 0.6) is 0 Å². The van der Waals surface area contributed by atoms with E-state index in [0.29, 0.717) is 0 Å². The number of rotatable bonds is 4. The van der Waals surface area contributed by atoms with E-state index in [1.165, 1.54) is 0 Å². The molecule has 0 amide bonds. The third-order valence-corrected chi connectivity index (χ3v) is 2.43. The van der Waals surface area contributed by atoms with E-state index in [2.05, 4.69) is 30.9 Å². The zero-order chi connectivity index (χ0) is 10.7. The molecule has 0 atom stereocenters. The maximum Gasteiger partial charge on any atom is 0.126 e. The van der Waals surface area contributed by atoms with Crippen molar-refractivity contribution in [2.45, 2.75) is 19.8 Å². The fourth-order valence-corrected chi connectivity index (χ4v) is 1.43. The lowest BCUT2D eigenvalue weighted by atomic mass is 10.3. The zero-order valence-corrected chi connectivity index (χ0v) is 9.54. The van der Waals surface area contributed by atoms with Crippen molar-refractivity contribution >= 4 is 5.82 Å². The molecule has 0 aliphatic carbocycles. The van der Waals surface area contributed by atoms with E-state index in [0.717, 1.165) is 36.7 Å². The summed E-state index contributed by atoms with van der Waals surface area (Å²) in [5.41, 5.74) is 6.92. The molecule has 0 saturated carbocycles. The number of hydrogen-bond acceptors (Lipinski definition) is 3. The first-order valence-corrected chi connectivity index (χ1v) is 5.01. The zero-order valence-electron chi connectivity index (χ0n) is 9.54. The van der Waals surface area contributed by atoms with Gasteiger partial charge in [0.25, 0.3) is 0 Å². The minimum Gasteiger partial charge on any atom is -0.384 e. The molecular formula is C10H20N4. The number of imidazole rings is 1. The molecular weight excluding hydrogens is 176 g/mol. The van der Waals surface area contributed by atoms with Crippen LogP contribution < -0.4 is 5.73 Å². The number of nitrogens with two attached hydrogens (primary N) is 1. The highest BCUT2D eigenvalue weighted by Gasteiger charge is 2.09. The molecule has 2 N–H and O–H groups in total. The molecule has 0 bridgehead atoms. The smallest absolute Gasteiger partial charge is 0.126 e. The fourth-order valence-electron chi connectivity index (χ4n) is 1.43. The summed E-state index contributed by atoms with van der Waals surface area (Å²) in [6.45, 7) is 3.09. The first-order chi connectivity index (χ1) is 6.56. The topological polar surface area (TPSA) is 47.1 Å². The number of hydrogen-bond donors (Lipinski definition) is 1. The van der Waals surface area contributed by atoms with Gasteiger partial charge in [-0.05, 0) is 20.5 Å². The van der Waals surface area contributed by atoms with Gasteiger partial charge >= 0.3 is 0 Å². The number of anilines is 1. The molecule has 14 heavy (non-hydrogen) atoms. The van der Waals surface area contributed by atoms with Gasteiger partial charge in [-0.3, -0.25) is 0 Å². The summed E-state index contributed by atoms with van der Waals surface area (Å²) in [6, 6.07) is 0. The Labute approximate surface area is 85.7 Å². The molecule has 4 heteroatoms. The van der Waals surface area contributed by atoms with Gasteiger partial charge in [-0.1, -0.05) is 6.92 Å². The van der Waals surface area contributed by atoms with Crippen LogP contribution in [-0.4, -0.2) is 35.1 Å². The molecule has 0 radical (unpaired) electrons. The summed E-state index contributed by atoms with van der Waals surface area (Å²) in [4.78, 5) is 6.66. The van der Waals surface area contributed by atoms with E-state index < -0.39 is 0 Å². The molecule has 80 valence electrons. The molecule has 0 aromatic carbocycles. The van der Waals surface area contributed by atoms with E-state index >= 15 is 0 Å². The Balaban J connectivity index is 2.77. The summed E-state index contributed by atoms with van der Waals surface area (Å²) in [7, 11) is 6.10. The number of nitrogen functional groups attached to an aromatic ring is 1. The lowest BCUT2D eigenvalue weighted by Crippen LogP contribution is -2.17. The van der Waals surface area contributed by atoms with Crippen molar-refractivity contribution in [2.75, 3.05) is 26.4 Å². The van der Waals surface area contributed by atoms with Gasteiger partial charge in [0.15, 0.2) is 0 Å². The molecule has 0 fully saturated rings. The van der Waals surface area contributed by atoms with Gasteiger partial charge in [0.2, 0.25) is 0 Å². The SMILES string of the molecule is CCc1nc(CCN(C)C)n(C)c1N. The third-order valence-electron chi connectivity index (χ3n) is 2.43. The van der Waals surface area contributed by atoms with E-state index in [1.54, 1.807) is 0 Å². The van der Waals surface area contributed by atoms with Crippen LogP contribution in [0, 0.1) is 0 Å². The van der Waals surface area contributed by atoms with Crippen LogP contribution in [0.1, 0.15) is 18.4 Å². The first kappa shape index (κ1) is 11.0. The van der Waals surface area contributed by atoms with Gasteiger partial charge in [-0.15, -0.1) is 0 Å². The minimum atomic E-state index is 0.807. The molecule has 0 saturated heterocycles. The molecule has 1 heterocycles. The molecule has 1 aromatic heterocycles. The second-order valence-electron chi connectivity index (χ2n) is 3.83. The van der Waals surface area contributed by atoms with Crippen LogP contribution in [-0.2, 0) is 19.9 Å². The number of nitrogens with zero attached hydrogens (tertiary/aromatic N) is 3. The van der Waals surface area contributed by atoms with E-state index in [-0.39, 0.29) is 0 Å². The number of aryl methyl sites for hydroxylation is 1. The summed E-state index contributed by atoms with van der Waals surface area (Å²) in [6.07, 6.45) is 1.86. The highest BCUT2D eigenvalue weighted by molar-refractivity contribution is 5.37. The molecule has 1 rings (SSSR count). The van der Waals surface area contributed by atoms with Crippen molar-refractivity contribution in [3.05, 3.63) is 11.5 Å². The van der Waals surface area contributed by atoms with Crippen molar-refractivity contribution < 1.29 is 0 Å². The summed E-state index contributed by atoms with van der Waals surface area (Å²) in [5.74, 6) is 1.88. The largest absolute Gasteiger partial charge is 0.384 e. The van der Waals surface area contributed by atoms with Crippen LogP contribution in [0.2, 0.25) is 0 Å². The monoisotopic (exact) mass is 196 g/mol. The van der Waals surface area contributed by atoms with Crippen LogP contribution in [0.25, 0.3) is 0 Å². The fraction of sp³-hybridized carbons (Fsp3) is 0.700. The lowest BCUT2D eigenvalue weighted by molar-refractivity contribution is 0.407. The van der Waals surface area contributed by atoms with Crippen molar-refractivity contribution in [1.82, 2.24) is 14.5 Å². The molecule has 4 nitrogen and oxygen atoms in total. The van der Waals surface area contributed by atoms with Gasteiger partial charge in [0, 0.05) is 20.0 Å². The molecule has 0 unspecified atom stereocenters. The lowest BCUT2D eigenvalue weighted by Gasteiger charge is -2.08. The average molecular weight is 196 g/mol. The van der Waals surface area contributed by atoms with Gasteiger partial charge < -0.3 is 15.2 Å².